The summed E-state index contributed by atoms with van der Waals surface area (Å²) in [5.41, 5.74) is 1.23. The molecule has 0 aromatic heterocycles. The molecule has 110 valence electrons. The van der Waals surface area contributed by atoms with Crippen LogP contribution in [-0.4, -0.2) is 36.7 Å². The topological polar surface area (TPSA) is 32.3 Å². The van der Waals surface area contributed by atoms with E-state index >= 15 is 0 Å². The largest absolute Gasteiger partial charge is 0.342 e. The summed E-state index contributed by atoms with van der Waals surface area (Å²) in [7, 11) is 0. The van der Waals surface area contributed by atoms with Crippen molar-refractivity contribution in [1.29, 1.82) is 0 Å². The van der Waals surface area contributed by atoms with Crippen LogP contribution in [0.2, 0.25) is 0 Å². The molecule has 1 fully saturated rings. The monoisotopic (exact) mass is 292 g/mol. The molecular formula is C16H24N2OS. The van der Waals surface area contributed by atoms with Crippen molar-refractivity contribution in [1.82, 2.24) is 10.2 Å². The van der Waals surface area contributed by atoms with E-state index in [9.17, 15) is 4.79 Å². The molecule has 1 N–H and O–H groups in total. The number of nitrogens with one attached hydrogen (secondary N) is 1. The minimum atomic E-state index is 0.208. The third-order valence-corrected chi connectivity index (χ3v) is 4.63. The highest BCUT2D eigenvalue weighted by atomic mass is 32.2. The summed E-state index contributed by atoms with van der Waals surface area (Å²) in [6.07, 6.45) is 5.64. The number of hydrogen-bond acceptors (Lipinski definition) is 3. The van der Waals surface area contributed by atoms with Crippen molar-refractivity contribution in [2.75, 3.05) is 25.9 Å². The molecule has 1 saturated heterocycles. The van der Waals surface area contributed by atoms with Gasteiger partial charge >= 0.3 is 0 Å². The van der Waals surface area contributed by atoms with Crippen LogP contribution >= 0.6 is 11.8 Å². The van der Waals surface area contributed by atoms with Gasteiger partial charge in [-0.25, -0.2) is 0 Å². The zero-order valence-electron chi connectivity index (χ0n) is 12.4. The number of rotatable bonds is 5. The maximum Gasteiger partial charge on any atom is 0.236 e. The van der Waals surface area contributed by atoms with E-state index in [0.29, 0.717) is 6.54 Å². The lowest BCUT2D eigenvalue weighted by Gasteiger charge is -2.27. The molecule has 0 saturated carbocycles. The van der Waals surface area contributed by atoms with Crippen molar-refractivity contribution in [2.45, 2.75) is 37.1 Å². The van der Waals surface area contributed by atoms with Gasteiger partial charge in [0.1, 0.15) is 0 Å². The lowest BCUT2D eigenvalue weighted by molar-refractivity contribution is -0.131. The van der Waals surface area contributed by atoms with Crippen molar-refractivity contribution in [3.05, 3.63) is 29.8 Å². The normalized spacial score (nSPS) is 17.0. The number of likely N-dealkylation sites (tertiary alicyclic amines) is 1. The fourth-order valence-electron chi connectivity index (χ4n) is 2.51. The minimum absolute atomic E-state index is 0.208. The van der Waals surface area contributed by atoms with Gasteiger partial charge in [0.15, 0.2) is 0 Å². The molecule has 0 bridgehead atoms. The first-order valence-electron chi connectivity index (χ1n) is 7.36. The number of carbonyl (C=O) groups is 1. The fourth-order valence-corrected chi connectivity index (χ4v) is 2.91. The van der Waals surface area contributed by atoms with Gasteiger partial charge in [-0.15, -0.1) is 11.8 Å². The van der Waals surface area contributed by atoms with E-state index in [4.69, 9.17) is 0 Å². The molecule has 1 amide bonds. The highest BCUT2D eigenvalue weighted by Gasteiger charge is 2.16. The number of carbonyl (C=O) groups excluding carboxylic acids is 1. The Morgan fingerprint density at radius 3 is 2.50 bits per heavy atom. The van der Waals surface area contributed by atoms with Crippen LogP contribution in [0.25, 0.3) is 0 Å². The Labute approximate surface area is 126 Å². The van der Waals surface area contributed by atoms with E-state index in [1.165, 1.54) is 16.9 Å². The Bertz CT molecular complexity index is 427. The molecule has 0 aliphatic carbocycles. The Morgan fingerprint density at radius 1 is 1.25 bits per heavy atom. The molecule has 1 unspecified atom stereocenters. The number of hydrogen-bond donors (Lipinski definition) is 1. The highest BCUT2D eigenvalue weighted by Crippen LogP contribution is 2.18. The number of nitrogens with zero attached hydrogens (tertiary/aromatic N) is 1. The summed E-state index contributed by atoms with van der Waals surface area (Å²) < 4.78 is 0. The lowest BCUT2D eigenvalue weighted by atomic mass is 10.1. The Balaban J connectivity index is 1.81. The zero-order valence-corrected chi connectivity index (χ0v) is 13.2. The summed E-state index contributed by atoms with van der Waals surface area (Å²) in [5.74, 6) is 0.234. The van der Waals surface area contributed by atoms with Crippen LogP contribution < -0.4 is 5.32 Å². The van der Waals surface area contributed by atoms with Gasteiger partial charge in [0, 0.05) is 24.0 Å². The van der Waals surface area contributed by atoms with Crippen molar-refractivity contribution >= 4 is 17.7 Å². The Hall–Kier alpha value is -1.00. The van der Waals surface area contributed by atoms with Crippen LogP contribution in [0.3, 0.4) is 0 Å². The quantitative estimate of drug-likeness (QED) is 0.847. The summed E-state index contributed by atoms with van der Waals surface area (Å²) in [4.78, 5) is 15.3. The molecule has 1 aliphatic rings. The van der Waals surface area contributed by atoms with E-state index in [0.717, 1.165) is 25.9 Å². The lowest BCUT2D eigenvalue weighted by Crippen LogP contribution is -2.41. The maximum absolute atomic E-state index is 12.1. The van der Waals surface area contributed by atoms with Crippen molar-refractivity contribution in [3.8, 4) is 0 Å². The number of piperidine rings is 1. The van der Waals surface area contributed by atoms with Crippen LogP contribution in [0.5, 0.6) is 0 Å². The van der Waals surface area contributed by atoms with Gasteiger partial charge in [-0.2, -0.15) is 0 Å². The summed E-state index contributed by atoms with van der Waals surface area (Å²) in [6.45, 7) is 4.40. The van der Waals surface area contributed by atoms with E-state index < -0.39 is 0 Å². The van der Waals surface area contributed by atoms with Gasteiger partial charge in [-0.1, -0.05) is 12.1 Å². The first-order chi connectivity index (χ1) is 9.70. The van der Waals surface area contributed by atoms with E-state index in [-0.39, 0.29) is 11.9 Å². The predicted molar refractivity (Wildman–Crippen MR) is 85.1 cm³/mol. The van der Waals surface area contributed by atoms with E-state index in [1.807, 2.05) is 4.90 Å². The van der Waals surface area contributed by atoms with Crippen LogP contribution in [0, 0.1) is 0 Å². The standard InChI is InChI=1S/C16H24N2OS/c1-13(14-6-8-15(20-2)9-7-14)17-12-16(19)18-10-4-3-5-11-18/h6-9,13,17H,3-5,10-12H2,1-2H3. The number of thioether (sulfide) groups is 1. The van der Waals surface area contributed by atoms with E-state index in [1.54, 1.807) is 11.8 Å². The molecule has 1 heterocycles. The molecule has 2 rings (SSSR count). The first-order valence-corrected chi connectivity index (χ1v) is 8.58. The van der Waals surface area contributed by atoms with Gasteiger partial charge in [0.25, 0.3) is 0 Å². The van der Waals surface area contributed by atoms with E-state index in [2.05, 4.69) is 42.8 Å². The Morgan fingerprint density at radius 2 is 1.90 bits per heavy atom. The van der Waals surface area contributed by atoms with Gasteiger partial charge in [-0.05, 0) is 50.1 Å². The van der Waals surface area contributed by atoms with Crippen molar-refractivity contribution in [2.24, 2.45) is 0 Å². The van der Waals surface area contributed by atoms with Gasteiger partial charge in [-0.3, -0.25) is 4.79 Å². The third-order valence-electron chi connectivity index (χ3n) is 3.88. The SMILES string of the molecule is CSc1ccc(C(C)NCC(=O)N2CCCCC2)cc1. The second-order valence-corrected chi connectivity index (χ2v) is 6.20. The van der Waals surface area contributed by atoms with Crippen molar-refractivity contribution < 1.29 is 4.79 Å². The van der Waals surface area contributed by atoms with Gasteiger partial charge in [0.2, 0.25) is 5.91 Å². The molecule has 1 aromatic carbocycles. The predicted octanol–water partition coefficient (Wildman–Crippen LogP) is 3.07. The molecule has 1 atom stereocenters. The fraction of sp³-hybridized carbons (Fsp3) is 0.562. The molecule has 0 spiro atoms. The number of benzene rings is 1. The van der Waals surface area contributed by atoms with Crippen LogP contribution in [-0.2, 0) is 4.79 Å². The van der Waals surface area contributed by atoms with Gasteiger partial charge < -0.3 is 10.2 Å². The smallest absolute Gasteiger partial charge is 0.236 e. The second-order valence-electron chi connectivity index (χ2n) is 5.32. The highest BCUT2D eigenvalue weighted by molar-refractivity contribution is 7.98. The maximum atomic E-state index is 12.1. The molecule has 3 nitrogen and oxygen atoms in total. The molecular weight excluding hydrogens is 268 g/mol. The number of amides is 1. The summed E-state index contributed by atoms with van der Waals surface area (Å²) in [6, 6.07) is 8.73. The van der Waals surface area contributed by atoms with Crippen LogP contribution in [0.1, 0.15) is 37.8 Å². The second kappa shape index (κ2) is 7.70. The molecule has 0 radical (unpaired) electrons. The summed E-state index contributed by atoms with van der Waals surface area (Å²) >= 11 is 1.75. The summed E-state index contributed by atoms with van der Waals surface area (Å²) in [5, 5.41) is 3.34. The third kappa shape index (κ3) is 4.25. The zero-order chi connectivity index (χ0) is 14.4. The molecule has 1 aliphatic heterocycles. The average molecular weight is 292 g/mol. The van der Waals surface area contributed by atoms with Gasteiger partial charge in [0.05, 0.1) is 6.54 Å². The minimum Gasteiger partial charge on any atom is -0.342 e. The first kappa shape index (κ1) is 15.4. The molecule has 20 heavy (non-hydrogen) atoms. The van der Waals surface area contributed by atoms with Crippen molar-refractivity contribution in [3.63, 3.8) is 0 Å². The van der Waals surface area contributed by atoms with Crippen LogP contribution in [0.15, 0.2) is 29.2 Å². The molecule has 4 heteroatoms. The Kier molecular flexibility index (Phi) is 5.92. The average Bonchev–Trinajstić information content (AvgIpc) is 2.53. The molecule has 1 aromatic rings. The van der Waals surface area contributed by atoms with Crippen LogP contribution in [0.4, 0.5) is 0 Å².